The van der Waals surface area contributed by atoms with E-state index in [0.717, 1.165) is 24.9 Å². The normalized spacial score (nSPS) is 9.92. The molecule has 0 radical (unpaired) electrons. The summed E-state index contributed by atoms with van der Waals surface area (Å²) in [5, 5.41) is 3.01. The molecular weight excluding hydrogens is 164 g/mol. The molecule has 0 aliphatic carbocycles. The van der Waals surface area contributed by atoms with E-state index in [-0.39, 0.29) is 0 Å². The van der Waals surface area contributed by atoms with Gasteiger partial charge in [0.15, 0.2) is 0 Å². The quantitative estimate of drug-likeness (QED) is 0.533. The minimum Gasteiger partial charge on any atom is -0.310 e. The van der Waals surface area contributed by atoms with E-state index in [9.17, 15) is 4.79 Å². The van der Waals surface area contributed by atoms with Crippen LogP contribution in [0.5, 0.6) is 0 Å². The van der Waals surface area contributed by atoms with E-state index in [0.29, 0.717) is 6.54 Å². The monoisotopic (exact) mass is 178 g/mol. The number of aldehydes is 1. The third-order valence-electron chi connectivity index (χ3n) is 1.78. The first kappa shape index (κ1) is 9.86. The fraction of sp³-hybridized carbons (Fsp3) is 0.400. The Bertz CT molecular complexity index is 273. The van der Waals surface area contributed by atoms with Crippen LogP contribution in [0.2, 0.25) is 0 Å². The van der Waals surface area contributed by atoms with E-state index in [2.05, 4.69) is 16.4 Å². The second-order valence-electron chi connectivity index (χ2n) is 2.93. The highest BCUT2D eigenvalue weighted by Crippen LogP contribution is 2.00. The van der Waals surface area contributed by atoms with Crippen molar-refractivity contribution in [1.29, 1.82) is 0 Å². The van der Waals surface area contributed by atoms with Crippen LogP contribution in [0, 0.1) is 6.92 Å². The Hall–Kier alpha value is -1.22. The number of hydrogen-bond donors (Lipinski definition) is 1. The smallest absolute Gasteiger partial charge is 0.133 e. The van der Waals surface area contributed by atoms with Gasteiger partial charge in [-0.25, -0.2) is 0 Å². The maximum atomic E-state index is 10.00. The Morgan fingerprint density at radius 2 is 2.46 bits per heavy atom. The highest BCUT2D eigenvalue weighted by atomic mass is 16.1. The van der Waals surface area contributed by atoms with E-state index < -0.39 is 0 Å². The first-order chi connectivity index (χ1) is 6.33. The molecule has 0 aliphatic heterocycles. The number of nitrogens with one attached hydrogen (secondary N) is 1. The predicted octanol–water partition coefficient (Wildman–Crippen LogP) is 0.721. The molecule has 1 N–H and O–H groups in total. The third kappa shape index (κ3) is 3.80. The van der Waals surface area contributed by atoms with Crippen molar-refractivity contribution in [3.63, 3.8) is 0 Å². The van der Waals surface area contributed by atoms with Crippen LogP contribution in [0.3, 0.4) is 0 Å². The van der Waals surface area contributed by atoms with Gasteiger partial charge in [-0.3, -0.25) is 4.98 Å². The molecule has 0 unspecified atom stereocenters. The molecule has 0 spiro atoms. The first-order valence-corrected chi connectivity index (χ1v) is 4.39. The van der Waals surface area contributed by atoms with Gasteiger partial charge in [-0.05, 0) is 37.6 Å². The molecule has 3 heteroatoms. The zero-order valence-electron chi connectivity index (χ0n) is 7.79. The molecule has 1 aromatic rings. The standard InChI is InChI=1S/C10H14N2O/c1-9-8-10(3-5-12-9)2-4-11-6-7-13/h3,5,7-8,11H,2,4,6H2,1H3. The first-order valence-electron chi connectivity index (χ1n) is 4.39. The summed E-state index contributed by atoms with van der Waals surface area (Å²) in [7, 11) is 0. The molecule has 1 rings (SSSR count). The van der Waals surface area contributed by atoms with Crippen molar-refractivity contribution in [2.45, 2.75) is 13.3 Å². The Kier molecular flexibility index (Phi) is 4.12. The second kappa shape index (κ2) is 5.43. The molecule has 0 fully saturated rings. The summed E-state index contributed by atoms with van der Waals surface area (Å²) in [6.07, 6.45) is 3.62. The molecule has 0 saturated carbocycles. The minimum absolute atomic E-state index is 0.435. The van der Waals surface area contributed by atoms with Gasteiger partial charge in [-0.15, -0.1) is 0 Å². The van der Waals surface area contributed by atoms with Gasteiger partial charge in [-0.1, -0.05) is 0 Å². The van der Waals surface area contributed by atoms with Gasteiger partial charge in [0.1, 0.15) is 6.29 Å². The van der Waals surface area contributed by atoms with Crippen LogP contribution in [0.15, 0.2) is 18.3 Å². The lowest BCUT2D eigenvalue weighted by Crippen LogP contribution is -2.19. The number of aromatic nitrogens is 1. The summed E-state index contributed by atoms with van der Waals surface area (Å²) in [6.45, 7) is 3.24. The van der Waals surface area contributed by atoms with Crippen LogP contribution in [0.25, 0.3) is 0 Å². The molecule has 1 heterocycles. The average molecular weight is 178 g/mol. The van der Waals surface area contributed by atoms with Gasteiger partial charge in [0.25, 0.3) is 0 Å². The van der Waals surface area contributed by atoms with Gasteiger partial charge >= 0.3 is 0 Å². The van der Waals surface area contributed by atoms with Crippen LogP contribution < -0.4 is 5.32 Å². The molecule has 13 heavy (non-hydrogen) atoms. The van der Waals surface area contributed by atoms with Gasteiger partial charge in [-0.2, -0.15) is 0 Å². The molecule has 70 valence electrons. The molecule has 0 aliphatic rings. The lowest BCUT2D eigenvalue weighted by atomic mass is 10.2. The minimum atomic E-state index is 0.435. The number of rotatable bonds is 5. The molecule has 0 aromatic carbocycles. The Morgan fingerprint density at radius 3 is 3.15 bits per heavy atom. The van der Waals surface area contributed by atoms with Crippen molar-refractivity contribution in [3.05, 3.63) is 29.6 Å². The lowest BCUT2D eigenvalue weighted by molar-refractivity contribution is -0.107. The summed E-state index contributed by atoms with van der Waals surface area (Å²) in [4.78, 5) is 14.1. The van der Waals surface area contributed by atoms with Crippen molar-refractivity contribution < 1.29 is 4.79 Å². The van der Waals surface area contributed by atoms with E-state index in [4.69, 9.17) is 0 Å². The SMILES string of the molecule is Cc1cc(CCNCC=O)ccn1. The van der Waals surface area contributed by atoms with E-state index >= 15 is 0 Å². The van der Waals surface area contributed by atoms with E-state index in [1.54, 1.807) is 0 Å². The van der Waals surface area contributed by atoms with Crippen molar-refractivity contribution in [1.82, 2.24) is 10.3 Å². The molecule has 0 saturated heterocycles. The second-order valence-corrected chi connectivity index (χ2v) is 2.93. The fourth-order valence-electron chi connectivity index (χ4n) is 1.15. The van der Waals surface area contributed by atoms with Gasteiger partial charge in [0, 0.05) is 11.9 Å². The average Bonchev–Trinajstić information content (AvgIpc) is 2.13. The third-order valence-corrected chi connectivity index (χ3v) is 1.78. The summed E-state index contributed by atoms with van der Waals surface area (Å²) in [5.74, 6) is 0. The predicted molar refractivity (Wildman–Crippen MR) is 51.6 cm³/mol. The van der Waals surface area contributed by atoms with Crippen molar-refractivity contribution in [2.24, 2.45) is 0 Å². The van der Waals surface area contributed by atoms with Crippen molar-refractivity contribution >= 4 is 6.29 Å². The summed E-state index contributed by atoms with van der Waals surface area (Å²) in [6, 6.07) is 4.05. The van der Waals surface area contributed by atoms with Gasteiger partial charge < -0.3 is 10.1 Å². The number of carbonyl (C=O) groups is 1. The lowest BCUT2D eigenvalue weighted by Gasteiger charge is -2.01. The molecular formula is C10H14N2O. The summed E-state index contributed by atoms with van der Waals surface area (Å²) < 4.78 is 0. The zero-order valence-corrected chi connectivity index (χ0v) is 7.79. The topological polar surface area (TPSA) is 42.0 Å². The van der Waals surface area contributed by atoms with E-state index in [1.807, 2.05) is 19.2 Å². The summed E-state index contributed by atoms with van der Waals surface area (Å²) in [5.41, 5.74) is 2.29. The van der Waals surface area contributed by atoms with Crippen molar-refractivity contribution in [2.75, 3.05) is 13.1 Å². The number of nitrogens with zero attached hydrogens (tertiary/aromatic N) is 1. The Labute approximate surface area is 78.2 Å². The van der Waals surface area contributed by atoms with Crippen LogP contribution >= 0.6 is 0 Å². The molecule has 0 amide bonds. The Balaban J connectivity index is 2.32. The van der Waals surface area contributed by atoms with Crippen LogP contribution in [-0.4, -0.2) is 24.4 Å². The maximum absolute atomic E-state index is 10.00. The molecule has 0 atom stereocenters. The maximum Gasteiger partial charge on any atom is 0.133 e. The van der Waals surface area contributed by atoms with Crippen LogP contribution in [-0.2, 0) is 11.2 Å². The molecule has 3 nitrogen and oxygen atoms in total. The number of hydrogen-bond acceptors (Lipinski definition) is 3. The fourth-order valence-corrected chi connectivity index (χ4v) is 1.15. The van der Waals surface area contributed by atoms with Crippen LogP contribution in [0.1, 0.15) is 11.3 Å². The van der Waals surface area contributed by atoms with Crippen LogP contribution in [0.4, 0.5) is 0 Å². The number of aryl methyl sites for hydroxylation is 1. The molecule has 1 aromatic heterocycles. The Morgan fingerprint density at radius 1 is 1.62 bits per heavy atom. The number of pyridine rings is 1. The van der Waals surface area contributed by atoms with Crippen molar-refractivity contribution in [3.8, 4) is 0 Å². The van der Waals surface area contributed by atoms with E-state index in [1.165, 1.54) is 5.56 Å². The molecule has 0 bridgehead atoms. The highest BCUT2D eigenvalue weighted by molar-refractivity contribution is 5.51. The summed E-state index contributed by atoms with van der Waals surface area (Å²) >= 11 is 0. The number of carbonyl (C=O) groups excluding carboxylic acids is 1. The highest BCUT2D eigenvalue weighted by Gasteiger charge is 1.93. The van der Waals surface area contributed by atoms with Gasteiger partial charge in [0.2, 0.25) is 0 Å². The van der Waals surface area contributed by atoms with Gasteiger partial charge in [0.05, 0.1) is 6.54 Å². The largest absolute Gasteiger partial charge is 0.310 e. The zero-order chi connectivity index (χ0) is 9.52.